The van der Waals surface area contributed by atoms with Crippen LogP contribution < -0.4 is 5.73 Å². The van der Waals surface area contributed by atoms with Crippen molar-refractivity contribution >= 4 is 27.3 Å². The molecule has 17 heavy (non-hydrogen) atoms. The normalized spacial score (nSPS) is 12.7. The molecule has 0 aromatic carbocycles. The van der Waals surface area contributed by atoms with Crippen molar-refractivity contribution in [2.45, 2.75) is 26.3 Å². The second-order valence-corrected chi connectivity index (χ2v) is 6.58. The van der Waals surface area contributed by atoms with Crippen molar-refractivity contribution in [1.29, 1.82) is 0 Å². The second-order valence-electron chi connectivity index (χ2n) is 4.18. The lowest BCUT2D eigenvalue weighted by Gasteiger charge is -2.10. The monoisotopic (exact) mass is 310 g/mol. The zero-order valence-corrected chi connectivity index (χ0v) is 12.3. The van der Waals surface area contributed by atoms with E-state index in [1.807, 2.05) is 12.3 Å². The molecular formula is C13H15BrN2S. The molecule has 0 saturated carbocycles. The van der Waals surface area contributed by atoms with Crippen LogP contribution >= 0.6 is 27.3 Å². The highest BCUT2D eigenvalue weighted by atomic mass is 79.9. The Labute approximate surface area is 114 Å². The van der Waals surface area contributed by atoms with Gasteiger partial charge in [-0.1, -0.05) is 6.07 Å². The molecule has 4 heteroatoms. The van der Waals surface area contributed by atoms with Crippen molar-refractivity contribution in [3.05, 3.63) is 49.9 Å². The minimum absolute atomic E-state index is 0.0265. The average molecular weight is 311 g/mol. The smallest absolute Gasteiger partial charge is 0.0731 e. The summed E-state index contributed by atoms with van der Waals surface area (Å²) in [4.78, 5) is 5.59. The Kier molecular flexibility index (Phi) is 3.97. The van der Waals surface area contributed by atoms with E-state index in [0.717, 1.165) is 12.1 Å². The number of nitrogens with two attached hydrogens (primary N) is 1. The van der Waals surface area contributed by atoms with Gasteiger partial charge in [0, 0.05) is 29.2 Å². The number of rotatable bonds is 3. The molecule has 0 fully saturated rings. The van der Waals surface area contributed by atoms with Gasteiger partial charge in [-0.2, -0.15) is 0 Å². The summed E-state index contributed by atoms with van der Waals surface area (Å²) in [5.41, 5.74) is 9.77. The highest BCUT2D eigenvalue weighted by Gasteiger charge is 2.13. The molecule has 0 bridgehead atoms. The first kappa shape index (κ1) is 12.7. The summed E-state index contributed by atoms with van der Waals surface area (Å²) in [6.07, 6.45) is 2.61. The molecule has 1 unspecified atom stereocenters. The number of hydrogen-bond donors (Lipinski definition) is 1. The van der Waals surface area contributed by atoms with Crippen molar-refractivity contribution in [1.82, 2.24) is 4.98 Å². The number of pyridine rings is 1. The topological polar surface area (TPSA) is 38.9 Å². The molecule has 1 atom stereocenters. The van der Waals surface area contributed by atoms with Gasteiger partial charge in [-0.3, -0.25) is 4.98 Å². The predicted octanol–water partition coefficient (Wildman–Crippen LogP) is 3.76. The summed E-state index contributed by atoms with van der Waals surface area (Å²) in [7, 11) is 0. The van der Waals surface area contributed by atoms with E-state index in [4.69, 9.17) is 5.73 Å². The first-order chi connectivity index (χ1) is 8.08. The van der Waals surface area contributed by atoms with Crippen molar-refractivity contribution in [2.24, 2.45) is 5.73 Å². The van der Waals surface area contributed by atoms with Crippen LogP contribution in [0.4, 0.5) is 0 Å². The van der Waals surface area contributed by atoms with Gasteiger partial charge >= 0.3 is 0 Å². The zero-order chi connectivity index (χ0) is 12.4. The molecule has 2 aromatic heterocycles. The Bertz CT molecular complexity index is 502. The van der Waals surface area contributed by atoms with Crippen LogP contribution in [0.2, 0.25) is 0 Å². The first-order valence-corrected chi connectivity index (χ1v) is 7.11. The number of halogens is 1. The van der Waals surface area contributed by atoms with Crippen LogP contribution in [0, 0.1) is 13.8 Å². The summed E-state index contributed by atoms with van der Waals surface area (Å²) in [5.74, 6) is 0. The van der Waals surface area contributed by atoms with Crippen molar-refractivity contribution in [3.63, 3.8) is 0 Å². The van der Waals surface area contributed by atoms with Crippen LogP contribution in [-0.4, -0.2) is 4.98 Å². The van der Waals surface area contributed by atoms with Crippen molar-refractivity contribution in [3.8, 4) is 0 Å². The third kappa shape index (κ3) is 2.94. The average Bonchev–Trinajstić information content (AvgIpc) is 2.63. The van der Waals surface area contributed by atoms with E-state index in [0.29, 0.717) is 0 Å². The third-order valence-electron chi connectivity index (χ3n) is 2.77. The number of aryl methyl sites for hydroxylation is 2. The van der Waals surface area contributed by atoms with Crippen molar-refractivity contribution < 1.29 is 0 Å². The lowest BCUT2D eigenvalue weighted by molar-refractivity contribution is 0.715. The van der Waals surface area contributed by atoms with Gasteiger partial charge in [0.15, 0.2) is 0 Å². The van der Waals surface area contributed by atoms with Crippen LogP contribution in [0.1, 0.15) is 27.7 Å². The minimum atomic E-state index is 0.0265. The Morgan fingerprint density at radius 2 is 2.18 bits per heavy atom. The fraction of sp³-hybridized carbons (Fsp3) is 0.308. The maximum absolute atomic E-state index is 6.23. The maximum atomic E-state index is 6.23. The van der Waals surface area contributed by atoms with Gasteiger partial charge in [-0.15, -0.1) is 11.3 Å². The number of hydrogen-bond acceptors (Lipinski definition) is 3. The Balaban J connectivity index is 2.17. The van der Waals surface area contributed by atoms with E-state index in [1.165, 1.54) is 19.8 Å². The minimum Gasteiger partial charge on any atom is -0.323 e. The largest absolute Gasteiger partial charge is 0.323 e. The molecule has 2 N–H and O–H groups in total. The molecule has 2 heterocycles. The summed E-state index contributed by atoms with van der Waals surface area (Å²) in [5, 5.41) is 0. The molecule has 0 aliphatic carbocycles. The molecule has 2 rings (SSSR count). The zero-order valence-electron chi connectivity index (χ0n) is 9.90. The quantitative estimate of drug-likeness (QED) is 0.937. The van der Waals surface area contributed by atoms with Crippen molar-refractivity contribution in [2.75, 3.05) is 0 Å². The van der Waals surface area contributed by atoms with Gasteiger partial charge in [0.05, 0.1) is 3.79 Å². The van der Waals surface area contributed by atoms with Crippen LogP contribution in [0.3, 0.4) is 0 Å². The molecule has 0 aliphatic rings. The summed E-state index contributed by atoms with van der Waals surface area (Å²) >= 11 is 5.24. The molecular weight excluding hydrogens is 296 g/mol. The van der Waals surface area contributed by atoms with E-state index in [-0.39, 0.29) is 6.04 Å². The van der Waals surface area contributed by atoms with Gasteiger partial charge in [0.2, 0.25) is 0 Å². The van der Waals surface area contributed by atoms with Crippen LogP contribution in [0.25, 0.3) is 0 Å². The van der Waals surface area contributed by atoms with E-state index in [2.05, 4.69) is 46.9 Å². The number of aromatic nitrogens is 1. The van der Waals surface area contributed by atoms with Gasteiger partial charge in [0.25, 0.3) is 0 Å². The lowest BCUT2D eigenvalue weighted by Crippen LogP contribution is -2.13. The lowest BCUT2D eigenvalue weighted by atomic mass is 10.1. The fourth-order valence-electron chi connectivity index (χ4n) is 1.71. The van der Waals surface area contributed by atoms with Gasteiger partial charge in [-0.25, -0.2) is 0 Å². The van der Waals surface area contributed by atoms with Gasteiger partial charge in [-0.05, 0) is 53.0 Å². The SMILES string of the molecule is Cc1cccnc1CC(N)c1cc(C)c(Br)s1. The molecule has 90 valence electrons. The molecule has 2 aromatic rings. The third-order valence-corrected chi connectivity index (χ3v) is 5.04. The number of thiophene rings is 1. The van der Waals surface area contributed by atoms with Gasteiger partial charge < -0.3 is 5.73 Å². The van der Waals surface area contributed by atoms with Gasteiger partial charge in [0.1, 0.15) is 0 Å². The van der Waals surface area contributed by atoms with E-state index < -0.39 is 0 Å². The molecule has 0 saturated heterocycles. The molecule has 0 radical (unpaired) electrons. The summed E-state index contributed by atoms with van der Waals surface area (Å²) in [6, 6.07) is 6.21. The molecule has 2 nitrogen and oxygen atoms in total. The van der Waals surface area contributed by atoms with Crippen LogP contribution in [0.5, 0.6) is 0 Å². The Morgan fingerprint density at radius 3 is 2.76 bits per heavy atom. The second kappa shape index (κ2) is 5.29. The van der Waals surface area contributed by atoms with Crippen LogP contribution in [-0.2, 0) is 6.42 Å². The molecule has 0 spiro atoms. The summed E-state index contributed by atoms with van der Waals surface area (Å²) in [6.45, 7) is 4.16. The van der Waals surface area contributed by atoms with E-state index in [9.17, 15) is 0 Å². The highest BCUT2D eigenvalue weighted by Crippen LogP contribution is 2.31. The highest BCUT2D eigenvalue weighted by molar-refractivity contribution is 9.11. The van der Waals surface area contributed by atoms with E-state index >= 15 is 0 Å². The standard InChI is InChI=1S/C13H15BrN2S/c1-8-4-3-5-16-11(8)7-10(15)12-6-9(2)13(14)17-12/h3-6,10H,7,15H2,1-2H3. The molecule has 0 amide bonds. The van der Waals surface area contributed by atoms with E-state index in [1.54, 1.807) is 11.3 Å². The maximum Gasteiger partial charge on any atom is 0.0731 e. The van der Waals surface area contributed by atoms with Crippen LogP contribution in [0.15, 0.2) is 28.2 Å². The fourth-order valence-corrected chi connectivity index (χ4v) is 3.28. The predicted molar refractivity (Wildman–Crippen MR) is 76.4 cm³/mol. The Morgan fingerprint density at radius 1 is 1.41 bits per heavy atom. The first-order valence-electron chi connectivity index (χ1n) is 5.50. The molecule has 0 aliphatic heterocycles. The Hall–Kier alpha value is -0.710. The summed E-state index contributed by atoms with van der Waals surface area (Å²) < 4.78 is 1.17. The number of nitrogens with zero attached hydrogens (tertiary/aromatic N) is 1.